The molecule has 3 aromatic carbocycles. The van der Waals surface area contributed by atoms with Gasteiger partial charge in [-0.25, -0.2) is 8.42 Å². The van der Waals surface area contributed by atoms with E-state index in [1.807, 2.05) is 31.2 Å². The average Bonchev–Trinajstić information content (AvgIpc) is 2.91. The molecule has 0 aromatic heterocycles. The molecule has 3 aromatic rings. The molecule has 0 fully saturated rings. The Hall–Kier alpha value is -3.56. The Morgan fingerprint density at radius 3 is 2.26 bits per heavy atom. The van der Waals surface area contributed by atoms with Crippen LogP contribution in [0.25, 0.3) is 0 Å². The SMILES string of the molecule is CCOc1ccccc1N(CC(=O)N(Cc1ccccc1C)C(C)C(=O)NC)S(=O)(=O)c1ccc(Cl)cc1. The zero-order chi connectivity index (χ0) is 27.9. The maximum atomic E-state index is 13.9. The smallest absolute Gasteiger partial charge is 0.264 e. The van der Waals surface area contributed by atoms with Crippen molar-refractivity contribution in [2.75, 3.05) is 24.5 Å². The Balaban J connectivity index is 2.10. The van der Waals surface area contributed by atoms with Crippen LogP contribution in [-0.2, 0) is 26.2 Å². The Morgan fingerprint density at radius 2 is 1.63 bits per heavy atom. The van der Waals surface area contributed by atoms with Crippen LogP contribution in [-0.4, -0.2) is 51.4 Å². The molecule has 0 heterocycles. The summed E-state index contributed by atoms with van der Waals surface area (Å²) in [5.41, 5.74) is 2.00. The third-order valence-electron chi connectivity index (χ3n) is 6.13. The topological polar surface area (TPSA) is 96.0 Å². The zero-order valence-electron chi connectivity index (χ0n) is 21.8. The second-order valence-electron chi connectivity index (χ2n) is 8.60. The molecule has 0 aliphatic rings. The predicted octanol–water partition coefficient (Wildman–Crippen LogP) is 4.41. The van der Waals surface area contributed by atoms with E-state index in [1.165, 1.54) is 36.2 Å². The standard InChI is InChI=1S/C28H32ClN3O5S/c1-5-37-26-13-9-8-12-25(26)32(38(35,36)24-16-14-23(29)15-17-24)19-27(33)31(21(3)28(34)30-4)18-22-11-7-6-10-20(22)2/h6-17,21H,5,18-19H2,1-4H3,(H,30,34). The minimum atomic E-state index is -4.23. The lowest BCUT2D eigenvalue weighted by Crippen LogP contribution is -2.50. The number of nitrogens with one attached hydrogen (secondary N) is 1. The molecule has 0 radical (unpaired) electrons. The highest BCUT2D eigenvalue weighted by molar-refractivity contribution is 7.92. The Kier molecular flexibility index (Phi) is 9.77. The number of sulfonamides is 1. The van der Waals surface area contributed by atoms with E-state index in [0.29, 0.717) is 17.4 Å². The predicted molar refractivity (Wildman–Crippen MR) is 149 cm³/mol. The van der Waals surface area contributed by atoms with Gasteiger partial charge in [0.2, 0.25) is 11.8 Å². The largest absolute Gasteiger partial charge is 0.492 e. The fourth-order valence-corrected chi connectivity index (χ4v) is 5.50. The molecule has 0 spiro atoms. The van der Waals surface area contributed by atoms with Crippen molar-refractivity contribution in [2.45, 2.75) is 38.3 Å². The van der Waals surface area contributed by atoms with E-state index in [-0.39, 0.29) is 23.0 Å². The first-order chi connectivity index (χ1) is 18.1. The van der Waals surface area contributed by atoms with Gasteiger partial charge in [0.05, 0.1) is 17.2 Å². The normalized spacial score (nSPS) is 11.9. The molecule has 3 rings (SSSR count). The molecule has 10 heteroatoms. The molecule has 1 unspecified atom stereocenters. The molecule has 0 bridgehead atoms. The van der Waals surface area contributed by atoms with Gasteiger partial charge in [-0.05, 0) is 68.3 Å². The van der Waals surface area contributed by atoms with E-state index in [4.69, 9.17) is 16.3 Å². The molecule has 2 amide bonds. The number of para-hydroxylation sites is 2. The Labute approximate surface area is 229 Å². The summed E-state index contributed by atoms with van der Waals surface area (Å²) in [6, 6.07) is 19.0. The molecular weight excluding hydrogens is 526 g/mol. The summed E-state index contributed by atoms with van der Waals surface area (Å²) in [6.45, 7) is 5.19. The molecule has 0 aliphatic heterocycles. The number of halogens is 1. The average molecular weight is 558 g/mol. The van der Waals surface area contributed by atoms with Crippen LogP contribution in [0, 0.1) is 6.92 Å². The Bertz CT molecular complexity index is 1380. The van der Waals surface area contributed by atoms with Gasteiger partial charge in [-0.1, -0.05) is 48.0 Å². The summed E-state index contributed by atoms with van der Waals surface area (Å²) in [4.78, 5) is 27.8. The number of aryl methyl sites for hydroxylation is 1. The molecule has 38 heavy (non-hydrogen) atoms. The zero-order valence-corrected chi connectivity index (χ0v) is 23.4. The molecule has 0 aliphatic carbocycles. The van der Waals surface area contributed by atoms with Crippen molar-refractivity contribution in [2.24, 2.45) is 0 Å². The highest BCUT2D eigenvalue weighted by atomic mass is 35.5. The number of hydrogen-bond donors (Lipinski definition) is 1. The third kappa shape index (κ3) is 6.65. The minimum absolute atomic E-state index is 0.0363. The quantitative estimate of drug-likeness (QED) is 0.377. The highest BCUT2D eigenvalue weighted by Crippen LogP contribution is 2.33. The van der Waals surface area contributed by atoms with Gasteiger partial charge < -0.3 is 15.0 Å². The van der Waals surface area contributed by atoms with Gasteiger partial charge in [0.25, 0.3) is 10.0 Å². The van der Waals surface area contributed by atoms with E-state index in [0.717, 1.165) is 15.4 Å². The van der Waals surface area contributed by atoms with Crippen molar-refractivity contribution in [1.29, 1.82) is 0 Å². The van der Waals surface area contributed by atoms with Crippen LogP contribution in [0.4, 0.5) is 5.69 Å². The molecule has 202 valence electrons. The van der Waals surface area contributed by atoms with E-state index in [1.54, 1.807) is 38.1 Å². The minimum Gasteiger partial charge on any atom is -0.492 e. The van der Waals surface area contributed by atoms with Crippen LogP contribution in [0.3, 0.4) is 0 Å². The number of likely N-dealkylation sites (N-methyl/N-ethyl adjacent to an activating group) is 1. The first-order valence-electron chi connectivity index (χ1n) is 12.2. The molecule has 1 N–H and O–H groups in total. The number of ether oxygens (including phenoxy) is 1. The van der Waals surface area contributed by atoms with Crippen molar-refractivity contribution in [3.8, 4) is 5.75 Å². The molecule has 0 saturated carbocycles. The van der Waals surface area contributed by atoms with Crippen molar-refractivity contribution in [3.05, 3.63) is 88.9 Å². The number of nitrogens with zero attached hydrogens (tertiary/aromatic N) is 2. The van der Waals surface area contributed by atoms with Crippen molar-refractivity contribution < 1.29 is 22.7 Å². The van der Waals surface area contributed by atoms with Gasteiger partial charge >= 0.3 is 0 Å². The summed E-state index contributed by atoms with van der Waals surface area (Å²) in [5.74, 6) is -0.605. The summed E-state index contributed by atoms with van der Waals surface area (Å²) in [5, 5.41) is 2.96. The maximum Gasteiger partial charge on any atom is 0.264 e. The lowest BCUT2D eigenvalue weighted by Gasteiger charge is -2.32. The molecular formula is C28H32ClN3O5S. The number of amides is 2. The highest BCUT2D eigenvalue weighted by Gasteiger charge is 2.33. The monoisotopic (exact) mass is 557 g/mol. The van der Waals surface area contributed by atoms with Gasteiger partial charge in [-0.2, -0.15) is 0 Å². The van der Waals surface area contributed by atoms with Crippen molar-refractivity contribution >= 4 is 39.1 Å². The van der Waals surface area contributed by atoms with Crippen LogP contribution in [0.1, 0.15) is 25.0 Å². The van der Waals surface area contributed by atoms with Crippen LogP contribution >= 0.6 is 11.6 Å². The molecule has 1 atom stereocenters. The number of carbonyl (C=O) groups is 2. The summed E-state index contributed by atoms with van der Waals surface area (Å²) in [6.07, 6.45) is 0. The fourth-order valence-electron chi connectivity index (χ4n) is 3.95. The first kappa shape index (κ1) is 29.0. The number of hydrogen-bond acceptors (Lipinski definition) is 5. The number of anilines is 1. The van der Waals surface area contributed by atoms with Crippen LogP contribution in [0.5, 0.6) is 5.75 Å². The second kappa shape index (κ2) is 12.8. The van der Waals surface area contributed by atoms with Crippen LogP contribution in [0.2, 0.25) is 5.02 Å². The van der Waals surface area contributed by atoms with Crippen LogP contribution < -0.4 is 14.4 Å². The van der Waals surface area contributed by atoms with Gasteiger partial charge in [0.15, 0.2) is 0 Å². The molecule has 0 saturated heterocycles. The van der Waals surface area contributed by atoms with E-state index < -0.39 is 28.5 Å². The Morgan fingerprint density at radius 1 is 1.00 bits per heavy atom. The van der Waals surface area contributed by atoms with E-state index >= 15 is 0 Å². The lowest BCUT2D eigenvalue weighted by molar-refractivity contribution is -0.139. The molecule has 8 nitrogen and oxygen atoms in total. The van der Waals surface area contributed by atoms with Gasteiger partial charge in [-0.15, -0.1) is 0 Å². The number of benzene rings is 3. The van der Waals surface area contributed by atoms with Gasteiger partial charge in [-0.3, -0.25) is 13.9 Å². The van der Waals surface area contributed by atoms with E-state index in [9.17, 15) is 18.0 Å². The first-order valence-corrected chi connectivity index (χ1v) is 14.0. The summed E-state index contributed by atoms with van der Waals surface area (Å²) < 4.78 is 34.5. The summed E-state index contributed by atoms with van der Waals surface area (Å²) in [7, 11) is -2.74. The lowest BCUT2D eigenvalue weighted by atomic mass is 10.1. The fraction of sp³-hybridized carbons (Fsp3) is 0.286. The van der Waals surface area contributed by atoms with E-state index in [2.05, 4.69) is 5.32 Å². The second-order valence-corrected chi connectivity index (χ2v) is 10.9. The van der Waals surface area contributed by atoms with Gasteiger partial charge in [0, 0.05) is 18.6 Å². The van der Waals surface area contributed by atoms with Gasteiger partial charge in [0.1, 0.15) is 18.3 Å². The van der Waals surface area contributed by atoms with Crippen molar-refractivity contribution in [1.82, 2.24) is 10.2 Å². The third-order valence-corrected chi connectivity index (χ3v) is 8.16. The summed E-state index contributed by atoms with van der Waals surface area (Å²) >= 11 is 5.99. The van der Waals surface area contributed by atoms with Crippen LogP contribution in [0.15, 0.2) is 77.7 Å². The number of carbonyl (C=O) groups excluding carboxylic acids is 2. The maximum absolute atomic E-state index is 13.9. The number of rotatable bonds is 11. The van der Waals surface area contributed by atoms with Crippen molar-refractivity contribution in [3.63, 3.8) is 0 Å².